The molecule has 0 heterocycles. The summed E-state index contributed by atoms with van der Waals surface area (Å²) in [4.78, 5) is 13.4. The minimum absolute atomic E-state index is 0.0870. The molecule has 0 spiro atoms. The molecule has 2 aromatic rings. The second-order valence-electron chi connectivity index (χ2n) is 5.62. The van der Waals surface area contributed by atoms with Crippen LogP contribution < -0.4 is 4.74 Å². The summed E-state index contributed by atoms with van der Waals surface area (Å²) in [5.74, 6) is -4.44. The van der Waals surface area contributed by atoms with E-state index in [1.54, 1.807) is 13.0 Å². The fourth-order valence-corrected chi connectivity index (χ4v) is 3.15. The summed E-state index contributed by atoms with van der Waals surface area (Å²) in [6.45, 7) is 2.16. The van der Waals surface area contributed by atoms with Crippen LogP contribution >= 0.6 is 0 Å². The van der Waals surface area contributed by atoms with E-state index in [9.17, 15) is 26.4 Å². The number of hydrogen-bond donors (Lipinski definition) is 0. The van der Waals surface area contributed by atoms with Crippen molar-refractivity contribution in [3.05, 3.63) is 59.4 Å². The number of hydrogen-bond acceptors (Lipinski definition) is 4. The van der Waals surface area contributed by atoms with Gasteiger partial charge in [-0.2, -0.15) is 8.78 Å². The van der Waals surface area contributed by atoms with Gasteiger partial charge in [0, 0.05) is 18.7 Å². The molecule has 146 valence electrons. The number of ether oxygens (including phenoxy) is 1. The Bertz CT molecular complexity index is 915. The van der Waals surface area contributed by atoms with Gasteiger partial charge in [-0.3, -0.25) is 4.79 Å². The minimum Gasteiger partial charge on any atom is -0.494 e. The first-order valence-corrected chi connectivity index (χ1v) is 9.49. The Kier molecular flexibility index (Phi) is 6.48. The number of nitrogens with zero attached hydrogens (tertiary/aromatic N) is 1. The van der Waals surface area contributed by atoms with E-state index in [1.807, 2.05) is 0 Å². The summed E-state index contributed by atoms with van der Waals surface area (Å²) in [5.41, 5.74) is 0.680. The number of methoxy groups -OCH3 is 1. The first-order chi connectivity index (χ1) is 12.7. The summed E-state index contributed by atoms with van der Waals surface area (Å²) in [5, 5.41) is 0. The van der Waals surface area contributed by atoms with Crippen molar-refractivity contribution < 1.29 is 31.1 Å². The van der Waals surface area contributed by atoms with Gasteiger partial charge in [0.1, 0.15) is 0 Å². The molecule has 0 bridgehead atoms. The predicted octanol–water partition coefficient (Wildman–Crippen LogP) is 3.49. The van der Waals surface area contributed by atoms with Crippen LogP contribution in [0.15, 0.2) is 47.4 Å². The van der Waals surface area contributed by atoms with Crippen molar-refractivity contribution in [2.75, 3.05) is 13.7 Å². The van der Waals surface area contributed by atoms with Crippen molar-refractivity contribution in [1.82, 2.24) is 4.90 Å². The molecule has 0 fully saturated rings. The standard InChI is InChI=1S/C18H18F3NO4S/c1-3-22(11-12-4-9-16(26-2)15(19)10-12)17(23)13-5-7-14(8-6-13)27(24,25)18(20)21/h4-10,18H,3,11H2,1-2H3. The number of amides is 1. The number of carbonyl (C=O) groups excluding carboxylic acids is 1. The predicted molar refractivity (Wildman–Crippen MR) is 93.0 cm³/mol. The van der Waals surface area contributed by atoms with E-state index in [2.05, 4.69) is 0 Å². The molecule has 0 atom stereocenters. The normalized spacial score (nSPS) is 11.5. The Morgan fingerprint density at radius 2 is 1.78 bits per heavy atom. The number of sulfone groups is 1. The lowest BCUT2D eigenvalue weighted by atomic mass is 10.1. The Morgan fingerprint density at radius 1 is 1.15 bits per heavy atom. The third-order valence-electron chi connectivity index (χ3n) is 3.92. The van der Waals surface area contributed by atoms with Gasteiger partial charge in [0.2, 0.25) is 9.84 Å². The second-order valence-corrected chi connectivity index (χ2v) is 7.54. The van der Waals surface area contributed by atoms with Gasteiger partial charge in [0.15, 0.2) is 11.6 Å². The average Bonchev–Trinajstić information content (AvgIpc) is 2.65. The third kappa shape index (κ3) is 4.60. The van der Waals surface area contributed by atoms with E-state index < -0.39 is 32.2 Å². The maximum Gasteiger partial charge on any atom is 0.341 e. The lowest BCUT2D eigenvalue weighted by molar-refractivity contribution is 0.0752. The summed E-state index contributed by atoms with van der Waals surface area (Å²) < 4.78 is 66.7. The molecule has 27 heavy (non-hydrogen) atoms. The molecule has 0 aliphatic carbocycles. The topological polar surface area (TPSA) is 63.7 Å². The number of halogens is 3. The molecular formula is C18H18F3NO4S. The van der Waals surface area contributed by atoms with Crippen LogP contribution in [0.1, 0.15) is 22.8 Å². The van der Waals surface area contributed by atoms with E-state index >= 15 is 0 Å². The van der Waals surface area contributed by atoms with E-state index in [-0.39, 0.29) is 17.9 Å². The molecule has 0 saturated carbocycles. The average molecular weight is 401 g/mol. The van der Waals surface area contributed by atoms with Gasteiger partial charge >= 0.3 is 5.76 Å². The Morgan fingerprint density at radius 3 is 2.26 bits per heavy atom. The van der Waals surface area contributed by atoms with Crippen molar-refractivity contribution in [3.8, 4) is 5.75 Å². The summed E-state index contributed by atoms with van der Waals surface area (Å²) >= 11 is 0. The van der Waals surface area contributed by atoms with Gasteiger partial charge in [-0.1, -0.05) is 6.07 Å². The highest BCUT2D eigenvalue weighted by Crippen LogP contribution is 2.21. The van der Waals surface area contributed by atoms with E-state index in [0.29, 0.717) is 12.1 Å². The lowest BCUT2D eigenvalue weighted by Gasteiger charge is -2.21. The summed E-state index contributed by atoms with van der Waals surface area (Å²) in [7, 11) is -3.37. The van der Waals surface area contributed by atoms with Crippen molar-refractivity contribution in [2.45, 2.75) is 24.1 Å². The van der Waals surface area contributed by atoms with Crippen LogP contribution in [0.2, 0.25) is 0 Å². The zero-order chi connectivity index (χ0) is 20.2. The zero-order valence-electron chi connectivity index (χ0n) is 14.7. The van der Waals surface area contributed by atoms with E-state index in [0.717, 1.165) is 12.1 Å². The SMILES string of the molecule is CCN(Cc1ccc(OC)c(F)c1)C(=O)c1ccc(S(=O)(=O)C(F)F)cc1. The van der Waals surface area contributed by atoms with Gasteiger partial charge in [0.05, 0.1) is 12.0 Å². The molecule has 0 N–H and O–H groups in total. The maximum absolute atomic E-state index is 13.8. The molecule has 5 nitrogen and oxygen atoms in total. The minimum atomic E-state index is -4.72. The van der Waals surface area contributed by atoms with Gasteiger partial charge in [-0.25, -0.2) is 12.8 Å². The number of alkyl halides is 2. The molecule has 2 aromatic carbocycles. The highest BCUT2D eigenvalue weighted by molar-refractivity contribution is 7.91. The van der Waals surface area contributed by atoms with Crippen LogP contribution in [0.4, 0.5) is 13.2 Å². The Labute approximate surface area is 155 Å². The first-order valence-electron chi connectivity index (χ1n) is 7.94. The smallest absolute Gasteiger partial charge is 0.341 e. The molecular weight excluding hydrogens is 383 g/mol. The number of carbonyl (C=O) groups is 1. The molecule has 0 aliphatic rings. The molecule has 9 heteroatoms. The highest BCUT2D eigenvalue weighted by atomic mass is 32.2. The molecule has 0 saturated heterocycles. The Balaban J connectivity index is 2.20. The third-order valence-corrected chi connectivity index (χ3v) is 5.32. The lowest BCUT2D eigenvalue weighted by Crippen LogP contribution is -2.30. The fraction of sp³-hybridized carbons (Fsp3) is 0.278. The van der Waals surface area contributed by atoms with Crippen LogP contribution in [0.25, 0.3) is 0 Å². The molecule has 0 unspecified atom stereocenters. The summed E-state index contributed by atoms with van der Waals surface area (Å²) in [6, 6.07) is 8.62. The van der Waals surface area contributed by atoms with Crippen LogP contribution in [0.3, 0.4) is 0 Å². The van der Waals surface area contributed by atoms with Gasteiger partial charge in [-0.15, -0.1) is 0 Å². The van der Waals surface area contributed by atoms with Crippen LogP contribution in [0.5, 0.6) is 5.75 Å². The van der Waals surface area contributed by atoms with Crippen molar-refractivity contribution in [3.63, 3.8) is 0 Å². The van der Waals surface area contributed by atoms with Gasteiger partial charge in [-0.05, 0) is 48.9 Å². The Hall–Kier alpha value is -2.55. The van der Waals surface area contributed by atoms with Gasteiger partial charge in [0.25, 0.3) is 5.91 Å². The number of rotatable bonds is 7. The molecule has 0 radical (unpaired) electrons. The molecule has 2 rings (SSSR count). The van der Waals surface area contributed by atoms with Crippen LogP contribution in [-0.2, 0) is 16.4 Å². The van der Waals surface area contributed by atoms with Crippen molar-refractivity contribution in [1.29, 1.82) is 0 Å². The molecule has 1 amide bonds. The van der Waals surface area contributed by atoms with E-state index in [1.165, 1.54) is 36.3 Å². The molecule has 0 aromatic heterocycles. The van der Waals surface area contributed by atoms with Crippen molar-refractivity contribution >= 4 is 15.7 Å². The van der Waals surface area contributed by atoms with E-state index in [4.69, 9.17) is 4.74 Å². The van der Waals surface area contributed by atoms with Crippen molar-refractivity contribution in [2.24, 2.45) is 0 Å². The summed E-state index contributed by atoms with van der Waals surface area (Å²) in [6.07, 6.45) is 0. The fourth-order valence-electron chi connectivity index (χ4n) is 2.43. The van der Waals surface area contributed by atoms with Crippen LogP contribution in [-0.4, -0.2) is 38.6 Å². The highest BCUT2D eigenvalue weighted by Gasteiger charge is 2.26. The zero-order valence-corrected chi connectivity index (χ0v) is 15.5. The maximum atomic E-state index is 13.8. The van der Waals surface area contributed by atoms with Crippen LogP contribution in [0, 0.1) is 5.82 Å². The largest absolute Gasteiger partial charge is 0.494 e. The number of benzene rings is 2. The molecule has 0 aliphatic heterocycles. The quantitative estimate of drug-likeness (QED) is 0.713. The monoisotopic (exact) mass is 401 g/mol. The second kappa shape index (κ2) is 8.43. The van der Waals surface area contributed by atoms with Gasteiger partial charge < -0.3 is 9.64 Å². The first kappa shape index (κ1) is 20.8.